The van der Waals surface area contributed by atoms with Crippen LogP contribution in [0.2, 0.25) is 0 Å². The molecule has 0 saturated heterocycles. The molecule has 2 unspecified atom stereocenters. The van der Waals surface area contributed by atoms with Gasteiger partial charge in [0.15, 0.2) is 0 Å². The highest BCUT2D eigenvalue weighted by atomic mass is 16.3. The van der Waals surface area contributed by atoms with Crippen molar-refractivity contribution >= 4 is 0 Å². The fraction of sp³-hybridized carbons (Fsp3) is 0.400. The normalized spacial score (nSPS) is 30.4. The second-order valence-electron chi connectivity index (χ2n) is 8.05. The average Bonchev–Trinajstić information content (AvgIpc) is 2.78. The van der Waals surface area contributed by atoms with Gasteiger partial charge in [-0.3, -0.25) is 0 Å². The van der Waals surface area contributed by atoms with Gasteiger partial charge in [0.2, 0.25) is 0 Å². The summed E-state index contributed by atoms with van der Waals surface area (Å²) in [7, 11) is 0. The summed E-state index contributed by atoms with van der Waals surface area (Å²) >= 11 is 0. The number of hydrogen-bond acceptors (Lipinski definition) is 3. The van der Waals surface area contributed by atoms with Gasteiger partial charge < -0.3 is 15.3 Å². The zero-order valence-electron chi connectivity index (χ0n) is 13.7. The molecule has 120 valence electrons. The van der Waals surface area contributed by atoms with Crippen LogP contribution in [-0.2, 0) is 16.4 Å². The van der Waals surface area contributed by atoms with Crippen LogP contribution < -0.4 is 0 Å². The number of phenolic OH excluding ortho intramolecular Hbond substituents is 2. The van der Waals surface area contributed by atoms with Crippen LogP contribution in [0.15, 0.2) is 36.4 Å². The summed E-state index contributed by atoms with van der Waals surface area (Å²) in [5.41, 5.74) is 2.80. The number of aliphatic hydroxyl groups is 1. The van der Waals surface area contributed by atoms with Crippen molar-refractivity contribution in [2.75, 3.05) is 0 Å². The zero-order chi connectivity index (χ0) is 16.6. The predicted octanol–water partition coefficient (Wildman–Crippen LogP) is 3.68. The fourth-order valence-electron chi connectivity index (χ4n) is 5.04. The molecule has 0 heterocycles. The monoisotopic (exact) mass is 310 g/mol. The molecule has 3 heteroatoms. The van der Waals surface area contributed by atoms with Crippen molar-refractivity contribution in [2.45, 2.75) is 50.0 Å². The molecule has 1 spiro atoms. The minimum absolute atomic E-state index is 0.0494. The molecule has 2 aliphatic rings. The third-order valence-electron chi connectivity index (χ3n) is 5.74. The van der Waals surface area contributed by atoms with Crippen molar-refractivity contribution in [3.05, 3.63) is 58.7 Å². The van der Waals surface area contributed by atoms with Gasteiger partial charge in [-0.15, -0.1) is 0 Å². The Morgan fingerprint density at radius 3 is 1.87 bits per heavy atom. The van der Waals surface area contributed by atoms with Crippen LogP contribution >= 0.6 is 0 Å². The summed E-state index contributed by atoms with van der Waals surface area (Å²) in [4.78, 5) is 0. The molecule has 0 aromatic heterocycles. The minimum atomic E-state index is -0.938. The highest BCUT2D eigenvalue weighted by Crippen LogP contribution is 2.62. The van der Waals surface area contributed by atoms with Crippen molar-refractivity contribution in [1.82, 2.24) is 0 Å². The lowest BCUT2D eigenvalue weighted by Gasteiger charge is -2.30. The highest BCUT2D eigenvalue weighted by Gasteiger charge is 2.57. The summed E-state index contributed by atoms with van der Waals surface area (Å²) in [6.45, 7) is 6.24. The molecule has 2 aromatic carbocycles. The largest absolute Gasteiger partial charge is 0.508 e. The van der Waals surface area contributed by atoms with E-state index < -0.39 is 5.60 Å². The molecule has 0 amide bonds. The van der Waals surface area contributed by atoms with Gasteiger partial charge in [-0.1, -0.05) is 26.0 Å². The first-order chi connectivity index (χ1) is 10.7. The average molecular weight is 310 g/mol. The van der Waals surface area contributed by atoms with E-state index in [0.29, 0.717) is 6.42 Å². The lowest BCUT2D eigenvalue weighted by Crippen LogP contribution is -2.27. The van der Waals surface area contributed by atoms with Crippen LogP contribution in [-0.4, -0.2) is 15.3 Å². The highest BCUT2D eigenvalue weighted by molar-refractivity contribution is 5.61. The molecule has 0 fully saturated rings. The van der Waals surface area contributed by atoms with E-state index in [-0.39, 0.29) is 22.3 Å². The lowest BCUT2D eigenvalue weighted by molar-refractivity contribution is 0.0446. The van der Waals surface area contributed by atoms with Gasteiger partial charge >= 0.3 is 0 Å². The van der Waals surface area contributed by atoms with Gasteiger partial charge in [-0.25, -0.2) is 0 Å². The van der Waals surface area contributed by atoms with E-state index in [1.165, 1.54) is 5.56 Å². The number of hydrogen-bond donors (Lipinski definition) is 3. The second kappa shape index (κ2) is 4.09. The van der Waals surface area contributed by atoms with Gasteiger partial charge in [0, 0.05) is 5.41 Å². The predicted molar refractivity (Wildman–Crippen MR) is 88.8 cm³/mol. The molecule has 2 aromatic rings. The standard InChI is InChI=1S/C20H22O3/c1-18(2)10-20(16-8-12(21)4-6-14(16)18)11-19(3,23)15-7-5-13(22)9-17(15)20/h4-9,21-23H,10-11H2,1-3H3. The molecule has 0 radical (unpaired) electrons. The molecule has 23 heavy (non-hydrogen) atoms. The van der Waals surface area contributed by atoms with Crippen LogP contribution in [0.25, 0.3) is 0 Å². The number of benzene rings is 2. The topological polar surface area (TPSA) is 60.7 Å². The van der Waals surface area contributed by atoms with E-state index in [0.717, 1.165) is 23.1 Å². The first kappa shape index (κ1) is 14.6. The number of fused-ring (bicyclic) bond motifs is 4. The molecular weight excluding hydrogens is 288 g/mol. The smallest absolute Gasteiger partial charge is 0.115 e. The maximum atomic E-state index is 11.0. The van der Waals surface area contributed by atoms with E-state index in [4.69, 9.17) is 0 Å². The first-order valence-corrected chi connectivity index (χ1v) is 8.06. The van der Waals surface area contributed by atoms with Crippen LogP contribution in [0.3, 0.4) is 0 Å². The molecule has 0 saturated carbocycles. The first-order valence-electron chi connectivity index (χ1n) is 8.06. The molecule has 0 bridgehead atoms. The molecule has 2 aliphatic carbocycles. The Balaban J connectivity index is 2.06. The van der Waals surface area contributed by atoms with E-state index in [1.54, 1.807) is 18.2 Å². The zero-order valence-corrected chi connectivity index (χ0v) is 13.7. The van der Waals surface area contributed by atoms with E-state index in [1.807, 2.05) is 25.1 Å². The van der Waals surface area contributed by atoms with Crippen molar-refractivity contribution in [2.24, 2.45) is 0 Å². The molecule has 0 aliphatic heterocycles. The van der Waals surface area contributed by atoms with E-state index in [9.17, 15) is 15.3 Å². The Kier molecular flexibility index (Phi) is 2.60. The third-order valence-corrected chi connectivity index (χ3v) is 5.74. The second-order valence-corrected chi connectivity index (χ2v) is 8.05. The number of aromatic hydroxyl groups is 2. The third kappa shape index (κ3) is 1.80. The SMILES string of the molecule is CC1(C)CC2(CC(C)(O)c3ccc(O)cc32)c2cc(O)ccc21. The number of phenols is 2. The Bertz CT molecular complexity index is 748. The molecular formula is C20H22O3. The maximum Gasteiger partial charge on any atom is 0.115 e. The molecule has 3 N–H and O–H groups in total. The summed E-state index contributed by atoms with van der Waals surface area (Å²) in [6.07, 6.45) is 1.42. The summed E-state index contributed by atoms with van der Waals surface area (Å²) in [6, 6.07) is 10.8. The fourth-order valence-corrected chi connectivity index (χ4v) is 5.04. The summed E-state index contributed by atoms with van der Waals surface area (Å²) in [5, 5.41) is 31.0. The summed E-state index contributed by atoms with van der Waals surface area (Å²) in [5.74, 6) is 0.460. The van der Waals surface area contributed by atoms with Crippen LogP contribution in [0, 0.1) is 0 Å². The van der Waals surface area contributed by atoms with Crippen molar-refractivity contribution in [3.8, 4) is 11.5 Å². The van der Waals surface area contributed by atoms with Gasteiger partial charge in [-0.05, 0) is 71.7 Å². The van der Waals surface area contributed by atoms with Gasteiger partial charge in [0.05, 0.1) is 5.60 Å². The van der Waals surface area contributed by atoms with Gasteiger partial charge in [-0.2, -0.15) is 0 Å². The number of rotatable bonds is 0. The molecule has 3 nitrogen and oxygen atoms in total. The Hall–Kier alpha value is -2.00. The molecule has 2 atom stereocenters. The van der Waals surface area contributed by atoms with Crippen molar-refractivity contribution < 1.29 is 15.3 Å². The Labute approximate surface area is 136 Å². The van der Waals surface area contributed by atoms with Crippen LogP contribution in [0.4, 0.5) is 0 Å². The van der Waals surface area contributed by atoms with Crippen molar-refractivity contribution in [3.63, 3.8) is 0 Å². The summed E-state index contributed by atoms with van der Waals surface area (Å²) < 4.78 is 0. The molecule has 4 rings (SSSR count). The Morgan fingerprint density at radius 1 is 0.739 bits per heavy atom. The van der Waals surface area contributed by atoms with Crippen LogP contribution in [0.5, 0.6) is 11.5 Å². The Morgan fingerprint density at radius 2 is 1.26 bits per heavy atom. The van der Waals surface area contributed by atoms with Crippen LogP contribution in [0.1, 0.15) is 55.9 Å². The van der Waals surface area contributed by atoms with E-state index in [2.05, 4.69) is 13.8 Å². The van der Waals surface area contributed by atoms with Gasteiger partial charge in [0.25, 0.3) is 0 Å². The van der Waals surface area contributed by atoms with E-state index >= 15 is 0 Å². The minimum Gasteiger partial charge on any atom is -0.508 e. The maximum absolute atomic E-state index is 11.0. The van der Waals surface area contributed by atoms with Crippen molar-refractivity contribution in [1.29, 1.82) is 0 Å². The quantitative estimate of drug-likeness (QED) is 0.695. The van der Waals surface area contributed by atoms with Gasteiger partial charge in [0.1, 0.15) is 11.5 Å². The lowest BCUT2D eigenvalue weighted by atomic mass is 9.73.